The average Bonchev–Trinajstić information content (AvgIpc) is 2.13. The second-order valence-electron chi connectivity index (χ2n) is 2.67. The van der Waals surface area contributed by atoms with Crippen LogP contribution in [0.15, 0.2) is 12.3 Å². The standard InChI is InChI=1S/C8H12ClN3O/c1-11-7(4-13)6-2-5(10)3-12-8(6)9/h2-3,7,11,13H,4,10H2,1H3/t7-/m1/s1. The highest BCUT2D eigenvalue weighted by atomic mass is 35.5. The number of anilines is 1. The van der Waals surface area contributed by atoms with Crippen molar-refractivity contribution >= 4 is 17.3 Å². The Balaban J connectivity index is 3.03. The monoisotopic (exact) mass is 201 g/mol. The smallest absolute Gasteiger partial charge is 0.134 e. The van der Waals surface area contributed by atoms with Crippen LogP contribution in [0.25, 0.3) is 0 Å². The first-order valence-corrected chi connectivity index (χ1v) is 4.26. The van der Waals surface area contributed by atoms with Crippen molar-refractivity contribution in [3.63, 3.8) is 0 Å². The lowest BCUT2D eigenvalue weighted by molar-refractivity contribution is 0.251. The third kappa shape index (κ3) is 2.30. The number of hydrogen-bond donors (Lipinski definition) is 3. The van der Waals surface area contributed by atoms with E-state index in [9.17, 15) is 0 Å². The number of nitrogens with two attached hydrogens (primary N) is 1. The van der Waals surface area contributed by atoms with E-state index in [1.54, 1.807) is 13.1 Å². The van der Waals surface area contributed by atoms with Crippen molar-refractivity contribution in [3.8, 4) is 0 Å². The van der Waals surface area contributed by atoms with E-state index in [1.807, 2.05) is 0 Å². The van der Waals surface area contributed by atoms with Crippen LogP contribution in [0, 0.1) is 0 Å². The maximum Gasteiger partial charge on any atom is 0.134 e. The van der Waals surface area contributed by atoms with E-state index in [1.165, 1.54) is 6.20 Å². The molecule has 0 saturated carbocycles. The first-order valence-electron chi connectivity index (χ1n) is 3.88. The zero-order valence-electron chi connectivity index (χ0n) is 7.29. The molecule has 0 amide bonds. The molecule has 1 heterocycles. The topological polar surface area (TPSA) is 71.2 Å². The van der Waals surface area contributed by atoms with Crippen molar-refractivity contribution < 1.29 is 5.11 Å². The van der Waals surface area contributed by atoms with Gasteiger partial charge >= 0.3 is 0 Å². The van der Waals surface area contributed by atoms with Gasteiger partial charge in [0.2, 0.25) is 0 Å². The number of hydrogen-bond acceptors (Lipinski definition) is 4. The minimum atomic E-state index is -0.219. The summed E-state index contributed by atoms with van der Waals surface area (Å²) >= 11 is 5.83. The minimum absolute atomic E-state index is 0.0403. The Hall–Kier alpha value is -0.840. The fourth-order valence-corrected chi connectivity index (χ4v) is 1.31. The van der Waals surface area contributed by atoms with Crippen molar-refractivity contribution in [2.24, 2.45) is 0 Å². The second-order valence-corrected chi connectivity index (χ2v) is 3.03. The number of nitrogens with zero attached hydrogens (tertiary/aromatic N) is 1. The number of rotatable bonds is 3. The molecule has 0 aromatic carbocycles. The van der Waals surface area contributed by atoms with Crippen LogP contribution in [-0.4, -0.2) is 23.7 Å². The van der Waals surface area contributed by atoms with Crippen LogP contribution in [0.2, 0.25) is 5.15 Å². The van der Waals surface area contributed by atoms with Gasteiger partial charge in [-0.05, 0) is 13.1 Å². The number of aromatic nitrogens is 1. The molecule has 1 atom stereocenters. The number of nitrogens with one attached hydrogen (secondary N) is 1. The van der Waals surface area contributed by atoms with E-state index < -0.39 is 0 Å². The highest BCUT2D eigenvalue weighted by Crippen LogP contribution is 2.22. The van der Waals surface area contributed by atoms with Crippen molar-refractivity contribution in [1.82, 2.24) is 10.3 Å². The molecule has 0 fully saturated rings. The Labute approximate surface area is 81.7 Å². The molecule has 0 aliphatic heterocycles. The molecule has 0 saturated heterocycles. The molecule has 1 aromatic heterocycles. The highest BCUT2D eigenvalue weighted by Gasteiger charge is 2.12. The SMILES string of the molecule is CN[C@H](CO)c1cc(N)cnc1Cl. The second kappa shape index (κ2) is 4.41. The lowest BCUT2D eigenvalue weighted by Gasteiger charge is -2.14. The fourth-order valence-electron chi connectivity index (χ4n) is 1.07. The molecule has 0 unspecified atom stereocenters. The lowest BCUT2D eigenvalue weighted by Crippen LogP contribution is -2.20. The molecular weight excluding hydrogens is 190 g/mol. The minimum Gasteiger partial charge on any atom is -0.397 e. The van der Waals surface area contributed by atoms with Gasteiger partial charge in [-0.25, -0.2) is 4.98 Å². The summed E-state index contributed by atoms with van der Waals surface area (Å²) in [6.07, 6.45) is 1.48. The van der Waals surface area contributed by atoms with E-state index >= 15 is 0 Å². The molecule has 4 N–H and O–H groups in total. The predicted molar refractivity (Wildman–Crippen MR) is 52.5 cm³/mol. The first kappa shape index (κ1) is 10.2. The Kier molecular flexibility index (Phi) is 3.48. The van der Waals surface area contributed by atoms with Gasteiger partial charge in [-0.1, -0.05) is 11.6 Å². The van der Waals surface area contributed by atoms with Crippen LogP contribution in [0.5, 0.6) is 0 Å². The number of aliphatic hydroxyl groups excluding tert-OH is 1. The molecule has 0 aliphatic carbocycles. The lowest BCUT2D eigenvalue weighted by atomic mass is 10.1. The van der Waals surface area contributed by atoms with Crippen molar-refractivity contribution in [2.45, 2.75) is 6.04 Å². The molecule has 0 spiro atoms. The van der Waals surface area contributed by atoms with Crippen LogP contribution in [0.1, 0.15) is 11.6 Å². The molecule has 5 heteroatoms. The zero-order valence-corrected chi connectivity index (χ0v) is 8.04. The van der Waals surface area contributed by atoms with Gasteiger partial charge < -0.3 is 16.2 Å². The van der Waals surface area contributed by atoms with Gasteiger partial charge in [-0.15, -0.1) is 0 Å². The number of pyridine rings is 1. The van der Waals surface area contributed by atoms with Crippen LogP contribution in [-0.2, 0) is 0 Å². The van der Waals surface area contributed by atoms with Gasteiger partial charge in [-0.3, -0.25) is 0 Å². The average molecular weight is 202 g/mol. The van der Waals surface area contributed by atoms with E-state index in [0.29, 0.717) is 16.4 Å². The Morgan fingerprint density at radius 1 is 1.77 bits per heavy atom. The predicted octanol–water partition coefficient (Wildman–Crippen LogP) is 0.570. The first-order chi connectivity index (χ1) is 6.19. The molecule has 13 heavy (non-hydrogen) atoms. The summed E-state index contributed by atoms with van der Waals surface area (Å²) in [6.45, 7) is -0.0403. The molecule has 4 nitrogen and oxygen atoms in total. The summed E-state index contributed by atoms with van der Waals surface area (Å²) in [5.41, 5.74) is 6.79. The van der Waals surface area contributed by atoms with Crippen LogP contribution >= 0.6 is 11.6 Å². The fraction of sp³-hybridized carbons (Fsp3) is 0.375. The third-order valence-corrected chi connectivity index (χ3v) is 2.11. The molecule has 72 valence electrons. The third-order valence-electron chi connectivity index (χ3n) is 1.79. The quantitative estimate of drug-likeness (QED) is 0.626. The Morgan fingerprint density at radius 2 is 2.46 bits per heavy atom. The van der Waals surface area contributed by atoms with Crippen molar-refractivity contribution in [2.75, 3.05) is 19.4 Å². The normalized spacial score (nSPS) is 12.8. The molecule has 0 radical (unpaired) electrons. The molecule has 1 rings (SSSR count). The summed E-state index contributed by atoms with van der Waals surface area (Å²) < 4.78 is 0. The number of aliphatic hydroxyl groups is 1. The summed E-state index contributed by atoms with van der Waals surface area (Å²) in [7, 11) is 1.74. The van der Waals surface area contributed by atoms with Crippen molar-refractivity contribution in [1.29, 1.82) is 0 Å². The van der Waals surface area contributed by atoms with Crippen LogP contribution in [0.4, 0.5) is 5.69 Å². The van der Waals surface area contributed by atoms with E-state index in [-0.39, 0.29) is 12.6 Å². The van der Waals surface area contributed by atoms with Gasteiger partial charge in [0.05, 0.1) is 24.5 Å². The van der Waals surface area contributed by atoms with E-state index in [4.69, 9.17) is 22.4 Å². The summed E-state index contributed by atoms with van der Waals surface area (Å²) in [5.74, 6) is 0. The number of likely N-dealkylation sites (N-methyl/N-ethyl adjacent to an activating group) is 1. The van der Waals surface area contributed by atoms with Crippen LogP contribution in [0.3, 0.4) is 0 Å². The largest absolute Gasteiger partial charge is 0.397 e. The number of halogens is 1. The van der Waals surface area contributed by atoms with Gasteiger partial charge in [0.1, 0.15) is 5.15 Å². The molecule has 1 aromatic rings. The highest BCUT2D eigenvalue weighted by molar-refractivity contribution is 6.30. The van der Waals surface area contributed by atoms with Crippen molar-refractivity contribution in [3.05, 3.63) is 23.0 Å². The number of nitrogen functional groups attached to an aromatic ring is 1. The molecule has 0 bridgehead atoms. The Morgan fingerprint density at radius 3 is 3.00 bits per heavy atom. The van der Waals surface area contributed by atoms with Gasteiger partial charge in [-0.2, -0.15) is 0 Å². The van der Waals surface area contributed by atoms with Gasteiger partial charge in [0.15, 0.2) is 0 Å². The maximum atomic E-state index is 9.01. The Bertz CT molecular complexity index is 289. The van der Waals surface area contributed by atoms with Crippen LogP contribution < -0.4 is 11.1 Å². The van der Waals surface area contributed by atoms with E-state index in [0.717, 1.165) is 0 Å². The van der Waals surface area contributed by atoms with E-state index in [2.05, 4.69) is 10.3 Å². The summed E-state index contributed by atoms with van der Waals surface area (Å²) in [6, 6.07) is 1.48. The zero-order chi connectivity index (χ0) is 9.84. The summed E-state index contributed by atoms with van der Waals surface area (Å²) in [4.78, 5) is 3.88. The molecule has 0 aliphatic rings. The van der Waals surface area contributed by atoms with Gasteiger partial charge in [0, 0.05) is 5.56 Å². The van der Waals surface area contributed by atoms with Gasteiger partial charge in [0.25, 0.3) is 0 Å². The molecular formula is C8H12ClN3O. The maximum absolute atomic E-state index is 9.01. The summed E-state index contributed by atoms with van der Waals surface area (Å²) in [5, 5.41) is 12.3.